The Labute approximate surface area is 118 Å². The number of ether oxygens (including phenoxy) is 1. The summed E-state index contributed by atoms with van der Waals surface area (Å²) in [6.07, 6.45) is 2.21. The fourth-order valence-electron chi connectivity index (χ4n) is 2.11. The van der Waals surface area contributed by atoms with Gasteiger partial charge in [-0.15, -0.1) is 0 Å². The Morgan fingerprint density at radius 3 is 2.45 bits per heavy atom. The van der Waals surface area contributed by atoms with Crippen LogP contribution in [0.4, 0.5) is 0 Å². The van der Waals surface area contributed by atoms with E-state index in [2.05, 4.69) is 4.90 Å². The number of carbonyl (C=O) groups excluding carboxylic acids is 1. The molecule has 1 aliphatic rings. The number of hydrogen-bond acceptors (Lipinski definition) is 4. The average Bonchev–Trinajstić information content (AvgIpc) is 3.23. The van der Waals surface area contributed by atoms with Gasteiger partial charge in [-0.2, -0.15) is 0 Å². The number of esters is 1. The van der Waals surface area contributed by atoms with Gasteiger partial charge in [0, 0.05) is 12.6 Å². The van der Waals surface area contributed by atoms with Crippen molar-refractivity contribution in [1.29, 1.82) is 0 Å². The first kappa shape index (κ1) is 14.5. The van der Waals surface area contributed by atoms with Gasteiger partial charge in [0.05, 0.1) is 18.7 Å². The molecule has 2 rings (SSSR count). The van der Waals surface area contributed by atoms with Crippen molar-refractivity contribution in [3.8, 4) is 0 Å². The molecule has 1 aliphatic carbocycles. The molecule has 1 aromatic carbocycles. The number of benzene rings is 1. The van der Waals surface area contributed by atoms with E-state index in [-0.39, 0.29) is 11.5 Å². The predicted octanol–water partition coefficient (Wildman–Crippen LogP) is 1.91. The summed E-state index contributed by atoms with van der Waals surface area (Å²) < 4.78 is 4.98. The highest BCUT2D eigenvalue weighted by atomic mass is 16.5. The Hall–Kier alpha value is -1.88. The van der Waals surface area contributed by atoms with Crippen LogP contribution >= 0.6 is 0 Å². The second-order valence-corrected chi connectivity index (χ2v) is 4.94. The van der Waals surface area contributed by atoms with Crippen molar-refractivity contribution in [2.24, 2.45) is 0 Å². The largest absolute Gasteiger partial charge is 0.478 e. The van der Waals surface area contributed by atoms with Crippen molar-refractivity contribution in [3.63, 3.8) is 0 Å². The third-order valence-electron chi connectivity index (χ3n) is 3.29. The molecule has 1 aromatic rings. The van der Waals surface area contributed by atoms with Gasteiger partial charge in [0.15, 0.2) is 0 Å². The molecule has 1 fully saturated rings. The minimum absolute atomic E-state index is 0.207. The predicted molar refractivity (Wildman–Crippen MR) is 73.5 cm³/mol. The van der Waals surface area contributed by atoms with Crippen LogP contribution in [-0.2, 0) is 16.1 Å². The van der Waals surface area contributed by atoms with Gasteiger partial charge in [-0.05, 0) is 37.5 Å². The number of carboxylic acids is 1. The van der Waals surface area contributed by atoms with Gasteiger partial charge in [-0.1, -0.05) is 12.1 Å². The molecular weight excluding hydrogens is 258 g/mol. The van der Waals surface area contributed by atoms with Crippen molar-refractivity contribution in [2.75, 3.05) is 13.2 Å². The monoisotopic (exact) mass is 277 g/mol. The highest BCUT2D eigenvalue weighted by molar-refractivity contribution is 5.87. The molecule has 0 saturated heterocycles. The first-order valence-corrected chi connectivity index (χ1v) is 6.82. The van der Waals surface area contributed by atoms with Crippen LogP contribution in [0.1, 0.15) is 35.7 Å². The van der Waals surface area contributed by atoms with Gasteiger partial charge in [0.1, 0.15) is 0 Å². The molecule has 0 radical (unpaired) electrons. The van der Waals surface area contributed by atoms with Crippen LogP contribution in [0.2, 0.25) is 0 Å². The summed E-state index contributed by atoms with van der Waals surface area (Å²) in [5, 5.41) is 8.86. The number of rotatable bonds is 7. The van der Waals surface area contributed by atoms with Crippen molar-refractivity contribution in [2.45, 2.75) is 32.4 Å². The third kappa shape index (κ3) is 4.06. The smallest absolute Gasteiger partial charge is 0.335 e. The molecule has 0 heterocycles. The van der Waals surface area contributed by atoms with E-state index in [1.165, 1.54) is 0 Å². The summed E-state index contributed by atoms with van der Waals surface area (Å²) in [6, 6.07) is 7.22. The highest BCUT2D eigenvalue weighted by Crippen LogP contribution is 2.28. The molecule has 0 bridgehead atoms. The van der Waals surface area contributed by atoms with E-state index in [0.29, 0.717) is 25.7 Å². The van der Waals surface area contributed by atoms with E-state index in [9.17, 15) is 9.59 Å². The van der Waals surface area contributed by atoms with Crippen LogP contribution in [0.3, 0.4) is 0 Å². The molecular formula is C15H19NO4. The quantitative estimate of drug-likeness (QED) is 0.771. The summed E-state index contributed by atoms with van der Waals surface area (Å²) in [4.78, 5) is 24.5. The first-order valence-electron chi connectivity index (χ1n) is 6.82. The molecule has 0 aromatic heterocycles. The van der Waals surface area contributed by atoms with Crippen LogP contribution < -0.4 is 0 Å². The summed E-state index contributed by atoms with van der Waals surface area (Å²) in [6.45, 7) is 3.12. The Morgan fingerprint density at radius 1 is 1.30 bits per heavy atom. The Balaban J connectivity index is 1.97. The fraction of sp³-hybridized carbons (Fsp3) is 0.467. The van der Waals surface area contributed by atoms with Crippen LogP contribution in [0.15, 0.2) is 24.3 Å². The lowest BCUT2D eigenvalue weighted by Gasteiger charge is -2.20. The highest BCUT2D eigenvalue weighted by Gasteiger charge is 2.30. The number of hydrogen-bond donors (Lipinski definition) is 1. The lowest BCUT2D eigenvalue weighted by Crippen LogP contribution is -2.32. The van der Waals surface area contributed by atoms with Crippen LogP contribution in [0, 0.1) is 0 Å². The number of carboxylic acid groups (broad SMARTS) is 1. The second kappa shape index (κ2) is 6.52. The van der Waals surface area contributed by atoms with Crippen molar-refractivity contribution in [1.82, 2.24) is 4.90 Å². The zero-order chi connectivity index (χ0) is 14.5. The maximum Gasteiger partial charge on any atom is 0.335 e. The SMILES string of the molecule is CCOC(=O)CN(Cc1ccc(C(=O)O)cc1)C1CC1. The standard InChI is InChI=1S/C15H19NO4/c1-2-20-14(17)10-16(13-7-8-13)9-11-3-5-12(6-4-11)15(18)19/h3-6,13H,2,7-10H2,1H3,(H,18,19). The third-order valence-corrected chi connectivity index (χ3v) is 3.29. The van der Waals surface area contributed by atoms with Crippen molar-refractivity contribution >= 4 is 11.9 Å². The lowest BCUT2D eigenvalue weighted by atomic mass is 10.1. The fourth-order valence-corrected chi connectivity index (χ4v) is 2.11. The Kier molecular flexibility index (Phi) is 4.74. The number of nitrogens with zero attached hydrogens (tertiary/aromatic N) is 1. The van der Waals surface area contributed by atoms with Crippen molar-refractivity contribution < 1.29 is 19.4 Å². The van der Waals surface area contributed by atoms with Crippen LogP contribution in [0.25, 0.3) is 0 Å². The molecule has 0 aliphatic heterocycles. The van der Waals surface area contributed by atoms with Gasteiger partial charge in [0.25, 0.3) is 0 Å². The van der Waals surface area contributed by atoms with E-state index in [1.807, 2.05) is 0 Å². The molecule has 5 nitrogen and oxygen atoms in total. The number of aromatic carboxylic acids is 1. The normalized spacial score (nSPS) is 14.3. The molecule has 1 saturated carbocycles. The van der Waals surface area contributed by atoms with Gasteiger partial charge >= 0.3 is 11.9 Å². The first-order chi connectivity index (χ1) is 9.60. The molecule has 0 atom stereocenters. The van der Waals surface area contributed by atoms with Gasteiger partial charge in [-0.25, -0.2) is 4.79 Å². The van der Waals surface area contributed by atoms with Crippen molar-refractivity contribution in [3.05, 3.63) is 35.4 Å². The summed E-state index contributed by atoms with van der Waals surface area (Å²) >= 11 is 0. The molecule has 0 amide bonds. The maximum atomic E-state index is 11.6. The topological polar surface area (TPSA) is 66.8 Å². The number of carbonyl (C=O) groups is 2. The second-order valence-electron chi connectivity index (χ2n) is 4.94. The van der Waals surface area contributed by atoms with E-state index in [4.69, 9.17) is 9.84 Å². The summed E-state index contributed by atoms with van der Waals surface area (Å²) in [5.41, 5.74) is 1.28. The zero-order valence-electron chi connectivity index (χ0n) is 11.5. The van der Waals surface area contributed by atoms with E-state index in [0.717, 1.165) is 18.4 Å². The minimum Gasteiger partial charge on any atom is -0.478 e. The molecule has 1 N–H and O–H groups in total. The lowest BCUT2D eigenvalue weighted by molar-refractivity contribution is -0.144. The van der Waals surface area contributed by atoms with Gasteiger partial charge in [-0.3, -0.25) is 9.69 Å². The van der Waals surface area contributed by atoms with Gasteiger partial charge in [0.2, 0.25) is 0 Å². The average molecular weight is 277 g/mol. The Bertz CT molecular complexity index is 479. The molecule has 0 spiro atoms. The zero-order valence-corrected chi connectivity index (χ0v) is 11.5. The van der Waals surface area contributed by atoms with Gasteiger partial charge < -0.3 is 9.84 Å². The molecule has 0 unspecified atom stereocenters. The minimum atomic E-state index is -0.929. The van der Waals surface area contributed by atoms with E-state index < -0.39 is 5.97 Å². The molecule has 5 heteroatoms. The molecule has 20 heavy (non-hydrogen) atoms. The summed E-state index contributed by atoms with van der Waals surface area (Å²) in [7, 11) is 0. The van der Waals surface area contributed by atoms with E-state index >= 15 is 0 Å². The maximum absolute atomic E-state index is 11.6. The van der Waals surface area contributed by atoms with E-state index in [1.54, 1.807) is 31.2 Å². The van der Waals surface area contributed by atoms with Crippen LogP contribution in [0.5, 0.6) is 0 Å². The van der Waals surface area contributed by atoms with Crippen LogP contribution in [-0.4, -0.2) is 41.1 Å². The summed E-state index contributed by atoms with van der Waals surface area (Å²) in [5.74, 6) is -1.14. The Morgan fingerprint density at radius 2 is 1.95 bits per heavy atom. The molecule has 108 valence electrons.